The van der Waals surface area contributed by atoms with Crippen molar-refractivity contribution in [2.24, 2.45) is 10.7 Å². The molecule has 0 spiro atoms. The predicted molar refractivity (Wildman–Crippen MR) is 27.2 cm³/mol. The Hall–Kier alpha value is -1.41. The summed E-state index contributed by atoms with van der Waals surface area (Å²) in [5, 5.41) is 0. The maximum absolute atomic E-state index is 10.2. The van der Waals surface area contributed by atoms with Gasteiger partial charge in [-0.1, -0.05) is 0 Å². The van der Waals surface area contributed by atoms with Crippen molar-refractivity contribution in [3.8, 4) is 0 Å². The van der Waals surface area contributed by atoms with Gasteiger partial charge in [-0.25, -0.2) is 4.99 Å². The van der Waals surface area contributed by atoms with Crippen molar-refractivity contribution < 1.29 is 9.79 Å². The van der Waals surface area contributed by atoms with E-state index in [4.69, 9.17) is 5.73 Å². The predicted octanol–water partition coefficient (Wildman–Crippen LogP) is -2.85. The van der Waals surface area contributed by atoms with E-state index in [-0.39, 0.29) is 5.70 Å². The van der Waals surface area contributed by atoms with Crippen LogP contribution in [0.1, 0.15) is 0 Å². The maximum atomic E-state index is 10.2. The van der Waals surface area contributed by atoms with Crippen LogP contribution in [0.3, 0.4) is 0 Å². The molecule has 1 rings (SSSR count). The van der Waals surface area contributed by atoms with Gasteiger partial charge in [-0.3, -0.25) is 4.79 Å². The Bertz CT molecular complexity index is 209. The number of nitrogens with zero attached hydrogens (tertiary/aromatic N) is 1. The highest BCUT2D eigenvalue weighted by molar-refractivity contribution is 6.01. The molecule has 4 heteroatoms. The van der Waals surface area contributed by atoms with Gasteiger partial charge in [0.25, 0.3) is 6.34 Å². The van der Waals surface area contributed by atoms with Crippen LogP contribution in [-0.4, -0.2) is 18.1 Å². The van der Waals surface area contributed by atoms with Crippen molar-refractivity contribution in [3.63, 3.8) is 0 Å². The number of nitrogens with one attached hydrogen (secondary N) is 1. The van der Waals surface area contributed by atoms with Crippen LogP contribution in [0.15, 0.2) is 10.7 Å². The summed E-state index contributed by atoms with van der Waals surface area (Å²) < 4.78 is 0. The van der Waals surface area contributed by atoms with Crippen LogP contribution < -0.4 is 10.7 Å². The fraction of sp³-hybridized carbons (Fsp3) is 0. The molecule has 3 N–H and O–H groups in total. The van der Waals surface area contributed by atoms with E-state index in [9.17, 15) is 4.79 Å². The highest BCUT2D eigenvalue weighted by Crippen LogP contribution is 1.84. The average molecular weight is 110 g/mol. The number of carbonyl (C=O) groups is 1. The highest BCUT2D eigenvalue weighted by Gasteiger charge is 2.11. The largest absolute Gasteiger partial charge is 0.362 e. The molecule has 4 nitrogen and oxygen atoms in total. The Labute approximate surface area is 45.4 Å². The van der Waals surface area contributed by atoms with Crippen LogP contribution in [0.4, 0.5) is 0 Å². The second-order valence-electron chi connectivity index (χ2n) is 1.24. The van der Waals surface area contributed by atoms with Crippen molar-refractivity contribution in [2.45, 2.75) is 0 Å². The summed E-state index contributed by atoms with van der Waals surface area (Å²) in [4.78, 5) is 16.2. The van der Waals surface area contributed by atoms with Gasteiger partial charge >= 0.3 is 11.6 Å². The van der Waals surface area contributed by atoms with E-state index in [1.54, 1.807) is 0 Å². The molecule has 8 heavy (non-hydrogen) atoms. The highest BCUT2D eigenvalue weighted by atomic mass is 16.1. The topological polar surface area (TPSA) is 69.4 Å². The Morgan fingerprint density at radius 1 is 2.00 bits per heavy atom. The second-order valence-corrected chi connectivity index (χ2v) is 1.24. The molecule has 0 aromatic rings. The van der Waals surface area contributed by atoms with E-state index in [0.29, 0.717) is 0 Å². The van der Waals surface area contributed by atoms with Gasteiger partial charge in [0.1, 0.15) is 5.87 Å². The van der Waals surface area contributed by atoms with Crippen molar-refractivity contribution in [3.05, 3.63) is 5.70 Å². The minimum atomic E-state index is -0.564. The number of amides is 1. The number of rotatable bonds is 1. The number of hydrogen-bond donors (Lipinski definition) is 2. The summed E-state index contributed by atoms with van der Waals surface area (Å²) in [6.07, 6.45) is 1.35. The third-order valence-corrected chi connectivity index (χ3v) is 0.682. The molecule has 0 bridgehead atoms. The van der Waals surface area contributed by atoms with Crippen molar-refractivity contribution in [2.75, 3.05) is 0 Å². The summed E-state index contributed by atoms with van der Waals surface area (Å²) in [6.45, 7) is 0. The first-order chi connectivity index (χ1) is 3.80. The number of nitrogens with two attached hydrogens (primary N) is 1. The zero-order valence-corrected chi connectivity index (χ0v) is 4.01. The first kappa shape index (κ1) is 4.74. The summed E-state index contributed by atoms with van der Waals surface area (Å²) >= 11 is 0. The second kappa shape index (κ2) is 1.60. The molecule has 0 fully saturated rings. The van der Waals surface area contributed by atoms with E-state index in [1.807, 2.05) is 0 Å². The van der Waals surface area contributed by atoms with E-state index in [2.05, 4.69) is 15.9 Å². The smallest absolute Gasteiger partial charge is 0.320 e. The zero-order valence-electron chi connectivity index (χ0n) is 4.01. The lowest BCUT2D eigenvalue weighted by atomic mass is 10.5. The molecule has 0 aromatic carbocycles. The molecule has 1 amide bonds. The molecule has 40 valence electrons. The zero-order chi connectivity index (χ0) is 5.98. The van der Waals surface area contributed by atoms with Gasteiger partial charge in [0.15, 0.2) is 0 Å². The SMILES string of the molecule is NC(=O)C1=C=[NH+]C=N1. The van der Waals surface area contributed by atoms with Crippen LogP contribution in [0.2, 0.25) is 0 Å². The van der Waals surface area contributed by atoms with E-state index in [0.717, 1.165) is 0 Å². The monoisotopic (exact) mass is 110 g/mol. The minimum absolute atomic E-state index is 0.144. The Morgan fingerprint density at radius 2 is 2.75 bits per heavy atom. The first-order valence-electron chi connectivity index (χ1n) is 2.01. The third kappa shape index (κ3) is 0.643. The quantitative estimate of drug-likeness (QED) is 0.374. The maximum Gasteiger partial charge on any atom is 0.320 e. The van der Waals surface area contributed by atoms with Crippen LogP contribution in [0.25, 0.3) is 0 Å². The minimum Gasteiger partial charge on any atom is -0.362 e. The summed E-state index contributed by atoms with van der Waals surface area (Å²) in [7, 11) is 0. The normalized spacial score (nSPS) is 14.2. The van der Waals surface area contributed by atoms with Gasteiger partial charge in [-0.05, 0) is 4.99 Å². The van der Waals surface area contributed by atoms with Crippen LogP contribution in [0, 0.1) is 0 Å². The fourth-order valence-corrected chi connectivity index (χ4v) is 0.355. The lowest BCUT2D eigenvalue weighted by Gasteiger charge is -1.71. The van der Waals surface area contributed by atoms with E-state index < -0.39 is 5.91 Å². The van der Waals surface area contributed by atoms with Gasteiger partial charge in [-0.2, -0.15) is 0 Å². The Balaban J connectivity index is 2.90. The van der Waals surface area contributed by atoms with Crippen molar-refractivity contribution in [1.82, 2.24) is 0 Å². The summed E-state index contributed by atoms with van der Waals surface area (Å²) in [5.41, 5.74) is 4.95. The van der Waals surface area contributed by atoms with E-state index >= 15 is 0 Å². The van der Waals surface area contributed by atoms with E-state index in [1.165, 1.54) is 6.34 Å². The lowest BCUT2D eigenvalue weighted by molar-refractivity contribution is -0.290. The molecular formula is C4H4N3O+. The van der Waals surface area contributed by atoms with Gasteiger partial charge in [0.05, 0.1) is 0 Å². The van der Waals surface area contributed by atoms with Crippen LogP contribution in [0.5, 0.6) is 0 Å². The van der Waals surface area contributed by atoms with Gasteiger partial charge in [0.2, 0.25) is 0 Å². The Kier molecular flexibility index (Phi) is 0.946. The van der Waals surface area contributed by atoms with Crippen molar-refractivity contribution >= 4 is 18.1 Å². The Morgan fingerprint density at radius 3 is 3.00 bits per heavy atom. The molecule has 1 heterocycles. The summed E-state index contributed by atoms with van der Waals surface area (Å²) in [5.74, 6) is 1.86. The van der Waals surface area contributed by atoms with Gasteiger partial charge < -0.3 is 5.73 Å². The number of primary amides is 1. The molecule has 0 aliphatic carbocycles. The first-order valence-corrected chi connectivity index (χ1v) is 2.01. The molecule has 1 aliphatic rings. The number of hydrogen-bond acceptors (Lipinski definition) is 2. The lowest BCUT2D eigenvalue weighted by Crippen LogP contribution is -2.63. The molecule has 0 aromatic heterocycles. The summed E-state index contributed by atoms with van der Waals surface area (Å²) in [6, 6.07) is 0. The molecule has 0 atom stereocenters. The van der Waals surface area contributed by atoms with Gasteiger partial charge in [0, 0.05) is 0 Å². The molecular weight excluding hydrogens is 106 g/mol. The molecule has 0 radical (unpaired) electrons. The van der Waals surface area contributed by atoms with Gasteiger partial charge in [-0.15, -0.1) is 0 Å². The molecule has 1 aliphatic heterocycles. The molecule has 0 saturated carbocycles. The van der Waals surface area contributed by atoms with Crippen LogP contribution in [-0.2, 0) is 4.79 Å². The third-order valence-electron chi connectivity index (χ3n) is 0.682. The standard InChI is InChI=1S/C4H3N3O/c5-4(8)3-1-6-2-7-3/h2H,(H2,5,8)/p+1. The van der Waals surface area contributed by atoms with Crippen LogP contribution >= 0.6 is 0 Å². The number of aliphatic imine (C=N–C) groups is 1. The molecule has 0 saturated heterocycles. The molecule has 0 unspecified atom stereocenters. The fourth-order valence-electron chi connectivity index (χ4n) is 0.355. The van der Waals surface area contributed by atoms with Crippen molar-refractivity contribution in [1.29, 1.82) is 0 Å². The average Bonchev–Trinajstić information content (AvgIpc) is 2.12. The number of carbonyl (C=O) groups excluding carboxylic acids is 1.